The molecule has 5 heteroatoms. The average molecular weight is 313 g/mol. The van der Waals surface area contributed by atoms with Gasteiger partial charge >= 0.3 is 0 Å². The lowest BCUT2D eigenvalue weighted by molar-refractivity contribution is 0.0976. The summed E-state index contributed by atoms with van der Waals surface area (Å²) in [7, 11) is 3.12. The Labute approximate surface area is 135 Å². The van der Waals surface area contributed by atoms with Crippen molar-refractivity contribution in [1.29, 1.82) is 0 Å². The molecule has 0 aliphatic carbocycles. The molecular formula is C18H19NO4. The third-order valence-electron chi connectivity index (χ3n) is 3.85. The van der Waals surface area contributed by atoms with Crippen molar-refractivity contribution in [2.45, 2.75) is 6.92 Å². The summed E-state index contributed by atoms with van der Waals surface area (Å²) in [6.07, 6.45) is 0. The summed E-state index contributed by atoms with van der Waals surface area (Å²) >= 11 is 0. The molecule has 1 heterocycles. The Morgan fingerprint density at radius 3 is 2.61 bits per heavy atom. The predicted octanol–water partition coefficient (Wildman–Crippen LogP) is 3.05. The molecule has 120 valence electrons. The van der Waals surface area contributed by atoms with Gasteiger partial charge in [-0.1, -0.05) is 6.07 Å². The van der Waals surface area contributed by atoms with E-state index in [0.717, 1.165) is 17.0 Å². The van der Waals surface area contributed by atoms with E-state index in [1.165, 1.54) is 0 Å². The van der Waals surface area contributed by atoms with Crippen molar-refractivity contribution in [3.63, 3.8) is 0 Å². The van der Waals surface area contributed by atoms with Crippen LogP contribution in [-0.4, -0.2) is 33.3 Å². The van der Waals surface area contributed by atoms with Crippen molar-refractivity contribution in [3.8, 4) is 17.2 Å². The van der Waals surface area contributed by atoms with Gasteiger partial charge in [-0.25, -0.2) is 0 Å². The molecule has 0 aromatic heterocycles. The van der Waals surface area contributed by atoms with Crippen LogP contribution in [-0.2, 0) is 0 Å². The van der Waals surface area contributed by atoms with Crippen LogP contribution in [0.25, 0.3) is 0 Å². The summed E-state index contributed by atoms with van der Waals surface area (Å²) in [4.78, 5) is 14.7. The molecular weight excluding hydrogens is 294 g/mol. The van der Waals surface area contributed by atoms with Crippen molar-refractivity contribution < 1.29 is 19.0 Å². The topological polar surface area (TPSA) is 48.0 Å². The Hall–Kier alpha value is -2.69. The van der Waals surface area contributed by atoms with E-state index in [0.29, 0.717) is 30.2 Å². The molecule has 1 aliphatic heterocycles. The van der Waals surface area contributed by atoms with E-state index in [1.807, 2.05) is 25.1 Å². The van der Waals surface area contributed by atoms with Crippen molar-refractivity contribution in [2.24, 2.45) is 0 Å². The Bertz CT molecular complexity index is 742. The lowest BCUT2D eigenvalue weighted by atomic mass is 10.1. The number of methoxy groups -OCH3 is 2. The number of anilines is 1. The van der Waals surface area contributed by atoms with E-state index < -0.39 is 0 Å². The summed E-state index contributed by atoms with van der Waals surface area (Å²) in [5, 5.41) is 0. The average Bonchev–Trinajstić information content (AvgIpc) is 2.59. The minimum absolute atomic E-state index is 0.0823. The molecule has 0 saturated carbocycles. The predicted molar refractivity (Wildman–Crippen MR) is 87.9 cm³/mol. The van der Waals surface area contributed by atoms with Crippen molar-refractivity contribution >= 4 is 11.6 Å². The summed E-state index contributed by atoms with van der Waals surface area (Å²) in [6.45, 7) is 2.99. The number of aryl methyl sites for hydroxylation is 1. The molecule has 0 spiro atoms. The molecule has 2 aromatic carbocycles. The Kier molecular flexibility index (Phi) is 4.10. The van der Waals surface area contributed by atoms with Crippen LogP contribution in [0.2, 0.25) is 0 Å². The second-order valence-corrected chi connectivity index (χ2v) is 5.35. The molecule has 1 amide bonds. The number of carbonyl (C=O) groups is 1. The standard InChI is InChI=1S/C18H19NO4/c1-12-4-6-15-14(10-12)19(8-9-23-15)18(20)13-5-7-16(21-2)17(11-13)22-3/h4-7,10-11H,8-9H2,1-3H3. The summed E-state index contributed by atoms with van der Waals surface area (Å²) in [5.74, 6) is 1.79. The molecule has 5 nitrogen and oxygen atoms in total. The molecule has 0 fully saturated rings. The highest BCUT2D eigenvalue weighted by atomic mass is 16.5. The molecule has 0 atom stereocenters. The monoisotopic (exact) mass is 313 g/mol. The molecule has 23 heavy (non-hydrogen) atoms. The fourth-order valence-electron chi connectivity index (χ4n) is 2.66. The largest absolute Gasteiger partial charge is 0.493 e. The highest BCUT2D eigenvalue weighted by Crippen LogP contribution is 2.34. The number of rotatable bonds is 3. The maximum absolute atomic E-state index is 12.9. The Morgan fingerprint density at radius 2 is 1.87 bits per heavy atom. The van der Waals surface area contributed by atoms with Crippen LogP contribution in [0.5, 0.6) is 17.2 Å². The second kappa shape index (κ2) is 6.20. The van der Waals surface area contributed by atoms with Crippen LogP contribution < -0.4 is 19.1 Å². The first kappa shape index (κ1) is 15.2. The number of fused-ring (bicyclic) bond motifs is 1. The van der Waals surface area contributed by atoms with E-state index in [9.17, 15) is 4.79 Å². The van der Waals surface area contributed by atoms with Crippen molar-refractivity contribution in [1.82, 2.24) is 0 Å². The van der Waals surface area contributed by atoms with E-state index in [1.54, 1.807) is 37.3 Å². The van der Waals surface area contributed by atoms with E-state index in [-0.39, 0.29) is 5.91 Å². The third-order valence-corrected chi connectivity index (χ3v) is 3.85. The minimum Gasteiger partial charge on any atom is -0.493 e. The first-order valence-corrected chi connectivity index (χ1v) is 7.41. The van der Waals surface area contributed by atoms with E-state index in [4.69, 9.17) is 14.2 Å². The zero-order valence-corrected chi connectivity index (χ0v) is 13.5. The SMILES string of the molecule is COc1ccc(C(=O)N2CCOc3ccc(C)cc32)cc1OC. The van der Waals surface area contributed by atoms with Gasteiger partial charge < -0.3 is 19.1 Å². The zero-order chi connectivity index (χ0) is 16.4. The number of hydrogen-bond acceptors (Lipinski definition) is 4. The van der Waals surface area contributed by atoms with Crippen LogP contribution in [0.15, 0.2) is 36.4 Å². The lowest BCUT2D eigenvalue weighted by Gasteiger charge is -2.30. The van der Waals surface area contributed by atoms with Gasteiger partial charge in [0.1, 0.15) is 12.4 Å². The van der Waals surface area contributed by atoms with Crippen LogP contribution in [0, 0.1) is 6.92 Å². The molecule has 0 bridgehead atoms. The maximum Gasteiger partial charge on any atom is 0.258 e. The van der Waals surface area contributed by atoms with Crippen LogP contribution in [0.1, 0.15) is 15.9 Å². The van der Waals surface area contributed by atoms with E-state index in [2.05, 4.69) is 0 Å². The fourth-order valence-corrected chi connectivity index (χ4v) is 2.66. The molecule has 0 saturated heterocycles. The Morgan fingerprint density at radius 1 is 1.09 bits per heavy atom. The fraction of sp³-hybridized carbons (Fsp3) is 0.278. The van der Waals surface area contributed by atoms with Crippen LogP contribution >= 0.6 is 0 Å². The van der Waals surface area contributed by atoms with Gasteiger partial charge in [0, 0.05) is 5.56 Å². The normalized spacial score (nSPS) is 13.1. The summed E-state index contributed by atoms with van der Waals surface area (Å²) in [6, 6.07) is 11.0. The lowest BCUT2D eigenvalue weighted by Crippen LogP contribution is -2.38. The highest BCUT2D eigenvalue weighted by molar-refractivity contribution is 6.07. The smallest absolute Gasteiger partial charge is 0.258 e. The molecule has 1 aliphatic rings. The Balaban J connectivity index is 1.97. The molecule has 2 aromatic rings. The number of hydrogen-bond donors (Lipinski definition) is 0. The van der Waals surface area contributed by atoms with Gasteiger partial charge in [0.15, 0.2) is 11.5 Å². The third kappa shape index (κ3) is 2.82. The maximum atomic E-state index is 12.9. The van der Waals surface area contributed by atoms with Gasteiger partial charge in [0.2, 0.25) is 0 Å². The number of amides is 1. The number of carbonyl (C=O) groups excluding carboxylic acids is 1. The van der Waals surface area contributed by atoms with Crippen molar-refractivity contribution in [3.05, 3.63) is 47.5 Å². The van der Waals surface area contributed by atoms with Crippen LogP contribution in [0.4, 0.5) is 5.69 Å². The first-order valence-electron chi connectivity index (χ1n) is 7.41. The number of benzene rings is 2. The molecule has 0 N–H and O–H groups in total. The van der Waals surface area contributed by atoms with Gasteiger partial charge in [0.05, 0.1) is 26.5 Å². The van der Waals surface area contributed by atoms with Gasteiger partial charge in [-0.3, -0.25) is 4.79 Å². The van der Waals surface area contributed by atoms with Gasteiger partial charge in [-0.05, 0) is 42.8 Å². The van der Waals surface area contributed by atoms with Gasteiger partial charge in [0.25, 0.3) is 5.91 Å². The first-order chi connectivity index (χ1) is 11.1. The van der Waals surface area contributed by atoms with Crippen molar-refractivity contribution in [2.75, 3.05) is 32.3 Å². The number of nitrogens with zero attached hydrogens (tertiary/aromatic N) is 1. The minimum atomic E-state index is -0.0823. The van der Waals surface area contributed by atoms with E-state index >= 15 is 0 Å². The summed E-state index contributed by atoms with van der Waals surface area (Å²) < 4.78 is 16.1. The number of ether oxygens (including phenoxy) is 3. The molecule has 0 unspecified atom stereocenters. The quantitative estimate of drug-likeness (QED) is 0.874. The van der Waals surface area contributed by atoms with Gasteiger partial charge in [-0.15, -0.1) is 0 Å². The summed E-state index contributed by atoms with van der Waals surface area (Å²) in [5.41, 5.74) is 2.44. The molecule has 0 radical (unpaired) electrons. The second-order valence-electron chi connectivity index (χ2n) is 5.35. The van der Waals surface area contributed by atoms with Crippen LogP contribution in [0.3, 0.4) is 0 Å². The zero-order valence-electron chi connectivity index (χ0n) is 13.5. The van der Waals surface area contributed by atoms with Gasteiger partial charge in [-0.2, -0.15) is 0 Å². The highest BCUT2D eigenvalue weighted by Gasteiger charge is 2.25. The molecule has 3 rings (SSSR count).